The molecule has 0 atom stereocenters. The second kappa shape index (κ2) is 9.18. The van der Waals surface area contributed by atoms with Crippen LogP contribution in [0.1, 0.15) is 29.3 Å². The van der Waals surface area contributed by atoms with Crippen LogP contribution in [0.2, 0.25) is 0 Å². The molecule has 0 amide bonds. The van der Waals surface area contributed by atoms with Crippen LogP contribution in [0.3, 0.4) is 0 Å². The highest BCUT2D eigenvalue weighted by Gasteiger charge is 2.17. The monoisotopic (exact) mass is 430 g/mol. The Morgan fingerprint density at radius 3 is 2.16 bits per heavy atom. The Hall–Kier alpha value is -3.73. The average molecular weight is 430 g/mol. The van der Waals surface area contributed by atoms with Crippen LogP contribution in [0.15, 0.2) is 84.0 Å². The molecule has 4 rings (SSSR count). The van der Waals surface area contributed by atoms with Crippen molar-refractivity contribution in [2.24, 2.45) is 5.16 Å². The molecule has 5 heteroatoms. The molecule has 0 aliphatic rings. The first-order valence-electron chi connectivity index (χ1n) is 10.4. The fraction of sp³-hybridized carbons (Fsp3) is 0.148. The lowest BCUT2D eigenvalue weighted by Crippen LogP contribution is -2.03. The van der Waals surface area contributed by atoms with E-state index in [9.17, 15) is 8.78 Å². The summed E-state index contributed by atoms with van der Waals surface area (Å²) in [6.07, 6.45) is 0. The molecule has 0 saturated carbocycles. The van der Waals surface area contributed by atoms with Gasteiger partial charge in [0.1, 0.15) is 18.2 Å². The van der Waals surface area contributed by atoms with Crippen LogP contribution in [0.25, 0.3) is 16.9 Å². The van der Waals surface area contributed by atoms with E-state index in [1.807, 2.05) is 55.7 Å². The highest BCUT2D eigenvalue weighted by molar-refractivity contribution is 6.01. The van der Waals surface area contributed by atoms with Gasteiger partial charge in [0.05, 0.1) is 11.4 Å². The number of aryl methyl sites for hydroxylation is 1. The molecule has 0 aliphatic carbocycles. The van der Waals surface area contributed by atoms with Gasteiger partial charge in [0.25, 0.3) is 0 Å². The summed E-state index contributed by atoms with van der Waals surface area (Å²) >= 11 is 0. The molecule has 4 aromatic rings. The number of halogens is 2. The number of hydrogen-bond donors (Lipinski definition) is 0. The van der Waals surface area contributed by atoms with Gasteiger partial charge in [-0.3, -0.25) is 0 Å². The van der Waals surface area contributed by atoms with E-state index in [0.29, 0.717) is 6.61 Å². The van der Waals surface area contributed by atoms with Crippen LogP contribution in [-0.2, 0) is 11.4 Å². The maximum absolute atomic E-state index is 13.5. The molecule has 0 bridgehead atoms. The Morgan fingerprint density at radius 1 is 0.875 bits per heavy atom. The third-order valence-electron chi connectivity index (χ3n) is 5.54. The highest BCUT2D eigenvalue weighted by atomic mass is 19.1. The number of rotatable bonds is 6. The van der Waals surface area contributed by atoms with Crippen molar-refractivity contribution in [1.82, 2.24) is 4.57 Å². The van der Waals surface area contributed by atoms with Crippen LogP contribution in [0.5, 0.6) is 0 Å². The first kappa shape index (κ1) is 21.5. The molecule has 0 unspecified atom stereocenters. The quantitative estimate of drug-likeness (QED) is 0.239. The molecule has 0 radical (unpaired) electrons. The Labute approximate surface area is 186 Å². The van der Waals surface area contributed by atoms with Crippen molar-refractivity contribution in [2.45, 2.75) is 27.4 Å². The van der Waals surface area contributed by atoms with Crippen molar-refractivity contribution in [2.75, 3.05) is 0 Å². The largest absolute Gasteiger partial charge is 0.391 e. The van der Waals surface area contributed by atoms with Gasteiger partial charge in [-0.2, -0.15) is 0 Å². The maximum Gasteiger partial charge on any atom is 0.142 e. The predicted octanol–water partition coefficient (Wildman–Crippen LogP) is 6.98. The fourth-order valence-corrected chi connectivity index (χ4v) is 3.75. The smallest absolute Gasteiger partial charge is 0.142 e. The van der Waals surface area contributed by atoms with Crippen molar-refractivity contribution in [3.05, 3.63) is 113 Å². The van der Waals surface area contributed by atoms with Gasteiger partial charge < -0.3 is 9.40 Å². The number of aromatic nitrogens is 1. The molecule has 3 aromatic carbocycles. The Balaban J connectivity index is 1.72. The minimum Gasteiger partial charge on any atom is -0.391 e. The molecular formula is C27H24F2N2O. The number of oxime groups is 1. The van der Waals surface area contributed by atoms with Crippen LogP contribution in [0.4, 0.5) is 8.78 Å². The molecule has 3 nitrogen and oxygen atoms in total. The second-order valence-electron chi connectivity index (χ2n) is 7.72. The third kappa shape index (κ3) is 4.47. The predicted molar refractivity (Wildman–Crippen MR) is 124 cm³/mol. The van der Waals surface area contributed by atoms with Crippen LogP contribution >= 0.6 is 0 Å². The lowest BCUT2D eigenvalue weighted by atomic mass is 10.1. The number of benzene rings is 3. The molecule has 32 heavy (non-hydrogen) atoms. The second-order valence-corrected chi connectivity index (χ2v) is 7.72. The van der Waals surface area contributed by atoms with E-state index in [4.69, 9.17) is 4.84 Å². The Morgan fingerprint density at radius 2 is 1.50 bits per heavy atom. The van der Waals surface area contributed by atoms with Gasteiger partial charge in [-0.25, -0.2) is 8.78 Å². The summed E-state index contributed by atoms with van der Waals surface area (Å²) in [5.74, 6) is -0.600. The van der Waals surface area contributed by atoms with Crippen molar-refractivity contribution >= 4 is 5.71 Å². The zero-order valence-electron chi connectivity index (χ0n) is 18.3. The summed E-state index contributed by atoms with van der Waals surface area (Å²) in [6.45, 7) is 6.29. The molecule has 0 spiro atoms. The summed E-state index contributed by atoms with van der Waals surface area (Å²) < 4.78 is 29.0. The van der Waals surface area contributed by atoms with Crippen LogP contribution < -0.4 is 0 Å². The van der Waals surface area contributed by atoms with Gasteiger partial charge in [0.2, 0.25) is 0 Å². The summed E-state index contributed by atoms with van der Waals surface area (Å²) in [5, 5.41) is 4.34. The van der Waals surface area contributed by atoms with Gasteiger partial charge in [-0.1, -0.05) is 29.4 Å². The van der Waals surface area contributed by atoms with Gasteiger partial charge in [0, 0.05) is 16.9 Å². The van der Waals surface area contributed by atoms with Crippen LogP contribution in [-0.4, -0.2) is 10.3 Å². The van der Waals surface area contributed by atoms with Crippen molar-refractivity contribution < 1.29 is 13.6 Å². The zero-order valence-corrected chi connectivity index (χ0v) is 18.3. The van der Waals surface area contributed by atoms with E-state index < -0.39 is 0 Å². The van der Waals surface area contributed by atoms with E-state index in [1.54, 1.807) is 24.3 Å². The molecule has 0 fully saturated rings. The van der Waals surface area contributed by atoms with Crippen molar-refractivity contribution in [1.29, 1.82) is 0 Å². The third-order valence-corrected chi connectivity index (χ3v) is 5.54. The Bertz CT molecular complexity index is 1260. The zero-order chi connectivity index (χ0) is 22.7. The van der Waals surface area contributed by atoms with E-state index in [0.717, 1.165) is 45.0 Å². The summed E-state index contributed by atoms with van der Waals surface area (Å²) in [5.41, 5.74) is 7.30. The molecule has 0 aliphatic heterocycles. The molecule has 162 valence electrons. The summed E-state index contributed by atoms with van der Waals surface area (Å²) in [7, 11) is 0. The van der Waals surface area contributed by atoms with Gasteiger partial charge in [-0.05, 0) is 92.1 Å². The first-order chi connectivity index (χ1) is 15.4. The SMILES string of the molecule is C/C(=N/OCc1ccccc1C)c1cc(-c2ccc(F)cc2)n(-c2ccc(F)cc2)c1C. The van der Waals surface area contributed by atoms with Gasteiger partial charge in [0.15, 0.2) is 0 Å². The first-order valence-corrected chi connectivity index (χ1v) is 10.4. The number of hydrogen-bond acceptors (Lipinski definition) is 2. The summed E-state index contributed by atoms with van der Waals surface area (Å²) in [4.78, 5) is 5.64. The molecule has 0 saturated heterocycles. The molecule has 1 aromatic heterocycles. The summed E-state index contributed by atoms with van der Waals surface area (Å²) in [6, 6.07) is 22.6. The topological polar surface area (TPSA) is 26.5 Å². The van der Waals surface area contributed by atoms with Gasteiger partial charge in [-0.15, -0.1) is 0 Å². The van der Waals surface area contributed by atoms with E-state index in [1.165, 1.54) is 24.3 Å². The number of nitrogens with zero attached hydrogens (tertiary/aromatic N) is 2. The normalized spacial score (nSPS) is 11.6. The maximum atomic E-state index is 13.5. The molecule has 1 heterocycles. The van der Waals surface area contributed by atoms with Crippen LogP contribution in [0, 0.1) is 25.5 Å². The standard InChI is InChI=1S/C27H24F2N2O/c1-18-6-4-5-7-22(18)17-32-30-19(2)26-16-27(21-8-10-23(28)11-9-21)31(20(26)3)25-14-12-24(29)13-15-25/h4-16H,17H2,1-3H3/b30-19-. The lowest BCUT2D eigenvalue weighted by Gasteiger charge is -2.12. The van der Waals surface area contributed by atoms with E-state index >= 15 is 0 Å². The van der Waals surface area contributed by atoms with Gasteiger partial charge >= 0.3 is 0 Å². The molecule has 0 N–H and O–H groups in total. The minimum atomic E-state index is -0.301. The highest BCUT2D eigenvalue weighted by Crippen LogP contribution is 2.30. The fourth-order valence-electron chi connectivity index (χ4n) is 3.75. The van der Waals surface area contributed by atoms with Crippen molar-refractivity contribution in [3.8, 4) is 16.9 Å². The van der Waals surface area contributed by atoms with E-state index in [2.05, 4.69) is 5.16 Å². The minimum absolute atomic E-state index is 0.298. The average Bonchev–Trinajstić information content (AvgIpc) is 3.13. The van der Waals surface area contributed by atoms with E-state index in [-0.39, 0.29) is 11.6 Å². The molecular weight excluding hydrogens is 406 g/mol. The van der Waals surface area contributed by atoms with Crippen molar-refractivity contribution in [3.63, 3.8) is 0 Å². The lowest BCUT2D eigenvalue weighted by molar-refractivity contribution is 0.130. The Kier molecular flexibility index (Phi) is 6.17.